The Morgan fingerprint density at radius 3 is 2.50 bits per heavy atom. The van der Waals surface area contributed by atoms with Gasteiger partial charge in [-0.15, -0.1) is 25.6 Å². The van der Waals surface area contributed by atoms with Crippen LogP contribution in [-0.4, -0.2) is 17.8 Å². The molecule has 0 atom stereocenters. The highest BCUT2D eigenvalue weighted by atomic mass is 35.5. The molecule has 8 heteroatoms. The summed E-state index contributed by atoms with van der Waals surface area (Å²) in [4.78, 5) is 11.8. The SMILES string of the molecule is Cl.NC1(C(=O)Nc2cccc(OC(F)(F)F)c2)CCC1. The van der Waals surface area contributed by atoms with Crippen molar-refractivity contribution >= 4 is 24.0 Å². The highest BCUT2D eigenvalue weighted by Gasteiger charge is 2.40. The van der Waals surface area contributed by atoms with Crippen LogP contribution in [0.1, 0.15) is 19.3 Å². The van der Waals surface area contributed by atoms with Crippen LogP contribution in [0.4, 0.5) is 18.9 Å². The van der Waals surface area contributed by atoms with E-state index in [1.54, 1.807) is 0 Å². The Labute approximate surface area is 119 Å². The highest BCUT2D eigenvalue weighted by molar-refractivity contribution is 5.98. The van der Waals surface area contributed by atoms with E-state index in [1.165, 1.54) is 12.1 Å². The Kier molecular flexibility index (Phi) is 4.88. The van der Waals surface area contributed by atoms with Gasteiger partial charge in [0.05, 0.1) is 5.54 Å². The van der Waals surface area contributed by atoms with Crippen LogP contribution in [0.25, 0.3) is 0 Å². The molecule has 1 amide bonds. The molecule has 1 aromatic rings. The standard InChI is InChI=1S/C12H13F3N2O2.ClH/c13-12(14,15)19-9-4-1-3-8(7-9)17-10(18)11(16)5-2-6-11;/h1,3-4,7H,2,5-6,16H2,(H,17,18);1H. The van der Waals surface area contributed by atoms with Gasteiger partial charge in [-0.3, -0.25) is 4.79 Å². The first-order valence-corrected chi connectivity index (χ1v) is 5.75. The van der Waals surface area contributed by atoms with Crippen molar-refractivity contribution in [1.82, 2.24) is 0 Å². The van der Waals surface area contributed by atoms with Gasteiger partial charge in [0, 0.05) is 11.8 Å². The first-order chi connectivity index (χ1) is 8.78. The zero-order valence-corrected chi connectivity index (χ0v) is 11.2. The van der Waals surface area contributed by atoms with Crippen LogP contribution in [0, 0.1) is 0 Å². The molecule has 0 saturated heterocycles. The minimum Gasteiger partial charge on any atom is -0.406 e. The van der Waals surface area contributed by atoms with Crippen molar-refractivity contribution in [2.24, 2.45) is 5.73 Å². The molecule has 3 N–H and O–H groups in total. The average molecular weight is 311 g/mol. The van der Waals surface area contributed by atoms with E-state index in [4.69, 9.17) is 5.73 Å². The summed E-state index contributed by atoms with van der Waals surface area (Å²) < 4.78 is 39.9. The molecule has 20 heavy (non-hydrogen) atoms. The molecule has 4 nitrogen and oxygen atoms in total. The predicted molar refractivity (Wildman–Crippen MR) is 69.8 cm³/mol. The highest BCUT2D eigenvalue weighted by Crippen LogP contribution is 2.31. The molecule has 0 spiro atoms. The van der Waals surface area contributed by atoms with Crippen LogP contribution in [0.3, 0.4) is 0 Å². The summed E-state index contributed by atoms with van der Waals surface area (Å²) in [5.41, 5.74) is 5.13. The number of nitrogens with one attached hydrogen (secondary N) is 1. The van der Waals surface area contributed by atoms with E-state index < -0.39 is 11.9 Å². The molecule has 0 aromatic heterocycles. The van der Waals surface area contributed by atoms with Crippen LogP contribution in [0.15, 0.2) is 24.3 Å². The lowest BCUT2D eigenvalue weighted by Gasteiger charge is -2.36. The second-order valence-corrected chi connectivity index (χ2v) is 4.54. The van der Waals surface area contributed by atoms with Crippen LogP contribution in [0.2, 0.25) is 0 Å². The zero-order valence-electron chi connectivity index (χ0n) is 10.4. The normalized spacial score (nSPS) is 16.6. The molecule has 1 aromatic carbocycles. The molecular formula is C12H14ClF3N2O2. The zero-order chi connectivity index (χ0) is 14.1. The predicted octanol–water partition coefficient (Wildman–Crippen LogP) is 2.83. The van der Waals surface area contributed by atoms with Crippen LogP contribution in [0.5, 0.6) is 5.75 Å². The summed E-state index contributed by atoms with van der Waals surface area (Å²) in [6.45, 7) is 0. The summed E-state index contributed by atoms with van der Waals surface area (Å²) in [6.07, 6.45) is -2.72. The van der Waals surface area contributed by atoms with E-state index in [2.05, 4.69) is 10.1 Å². The fourth-order valence-electron chi connectivity index (χ4n) is 1.81. The minimum atomic E-state index is -4.76. The van der Waals surface area contributed by atoms with E-state index in [9.17, 15) is 18.0 Å². The van der Waals surface area contributed by atoms with Crippen molar-refractivity contribution in [1.29, 1.82) is 0 Å². The van der Waals surface area contributed by atoms with Gasteiger partial charge in [-0.25, -0.2) is 0 Å². The Balaban J connectivity index is 0.00000200. The van der Waals surface area contributed by atoms with Gasteiger partial charge in [0.15, 0.2) is 0 Å². The minimum absolute atomic E-state index is 0. The van der Waals surface area contributed by atoms with Crippen LogP contribution < -0.4 is 15.8 Å². The number of carbonyl (C=O) groups excluding carboxylic acids is 1. The summed E-state index contributed by atoms with van der Waals surface area (Å²) in [7, 11) is 0. The lowest BCUT2D eigenvalue weighted by Crippen LogP contribution is -2.56. The Morgan fingerprint density at radius 2 is 2.00 bits per heavy atom. The van der Waals surface area contributed by atoms with Gasteiger partial charge >= 0.3 is 6.36 Å². The fraction of sp³-hybridized carbons (Fsp3) is 0.417. The van der Waals surface area contributed by atoms with Crippen molar-refractivity contribution < 1.29 is 22.7 Å². The van der Waals surface area contributed by atoms with E-state index in [-0.39, 0.29) is 29.8 Å². The van der Waals surface area contributed by atoms with Gasteiger partial charge < -0.3 is 15.8 Å². The molecule has 1 saturated carbocycles. The maximum atomic E-state index is 12.1. The molecular weight excluding hydrogens is 297 g/mol. The summed E-state index contributed by atoms with van der Waals surface area (Å²) in [5, 5.41) is 2.50. The summed E-state index contributed by atoms with van der Waals surface area (Å²) in [5.74, 6) is -0.770. The smallest absolute Gasteiger partial charge is 0.406 e. The van der Waals surface area contributed by atoms with Crippen molar-refractivity contribution in [2.45, 2.75) is 31.2 Å². The largest absolute Gasteiger partial charge is 0.573 e. The molecule has 0 unspecified atom stereocenters. The number of rotatable bonds is 3. The van der Waals surface area contributed by atoms with Crippen molar-refractivity contribution in [3.8, 4) is 5.75 Å². The molecule has 1 aliphatic carbocycles. The first kappa shape index (κ1) is 16.6. The monoisotopic (exact) mass is 310 g/mol. The van der Waals surface area contributed by atoms with Crippen molar-refractivity contribution in [3.05, 3.63) is 24.3 Å². The van der Waals surface area contributed by atoms with Gasteiger partial charge in [-0.2, -0.15) is 0 Å². The number of benzene rings is 1. The molecule has 0 heterocycles. The number of anilines is 1. The number of amides is 1. The van der Waals surface area contributed by atoms with Crippen LogP contribution >= 0.6 is 12.4 Å². The topological polar surface area (TPSA) is 64.4 Å². The van der Waals surface area contributed by atoms with Gasteiger partial charge in [0.1, 0.15) is 5.75 Å². The van der Waals surface area contributed by atoms with Gasteiger partial charge in [-0.1, -0.05) is 6.07 Å². The van der Waals surface area contributed by atoms with Gasteiger partial charge in [0.25, 0.3) is 0 Å². The number of halogens is 4. The third-order valence-corrected chi connectivity index (χ3v) is 3.02. The van der Waals surface area contributed by atoms with E-state index in [0.717, 1.165) is 18.6 Å². The molecule has 0 radical (unpaired) electrons. The van der Waals surface area contributed by atoms with Gasteiger partial charge in [-0.05, 0) is 31.4 Å². The lowest BCUT2D eigenvalue weighted by molar-refractivity contribution is -0.274. The average Bonchev–Trinajstić information content (AvgIpc) is 2.23. The van der Waals surface area contributed by atoms with Gasteiger partial charge in [0.2, 0.25) is 5.91 Å². The number of carbonyl (C=O) groups is 1. The molecule has 1 fully saturated rings. The van der Waals surface area contributed by atoms with E-state index in [0.29, 0.717) is 12.8 Å². The number of nitrogens with two attached hydrogens (primary N) is 1. The number of alkyl halides is 3. The second kappa shape index (κ2) is 5.88. The van der Waals surface area contributed by atoms with Crippen molar-refractivity contribution in [3.63, 3.8) is 0 Å². The quantitative estimate of drug-likeness (QED) is 0.902. The number of ether oxygens (including phenoxy) is 1. The molecule has 0 bridgehead atoms. The Bertz CT molecular complexity index is 490. The van der Waals surface area contributed by atoms with E-state index >= 15 is 0 Å². The molecule has 1 aliphatic rings. The van der Waals surface area contributed by atoms with E-state index in [1.807, 2.05) is 0 Å². The fourth-order valence-corrected chi connectivity index (χ4v) is 1.81. The molecule has 112 valence electrons. The third-order valence-electron chi connectivity index (χ3n) is 3.02. The second-order valence-electron chi connectivity index (χ2n) is 4.54. The Hall–Kier alpha value is -1.47. The summed E-state index contributed by atoms with van der Waals surface area (Å²) in [6, 6.07) is 5.10. The lowest BCUT2D eigenvalue weighted by atomic mass is 9.77. The third kappa shape index (κ3) is 4.01. The maximum absolute atomic E-state index is 12.1. The molecule has 2 rings (SSSR count). The first-order valence-electron chi connectivity index (χ1n) is 5.75. The Morgan fingerprint density at radius 1 is 1.35 bits per heavy atom. The number of hydrogen-bond acceptors (Lipinski definition) is 3. The van der Waals surface area contributed by atoms with Crippen molar-refractivity contribution in [2.75, 3.05) is 5.32 Å². The molecule has 0 aliphatic heterocycles. The summed E-state index contributed by atoms with van der Waals surface area (Å²) >= 11 is 0. The number of hydrogen-bond donors (Lipinski definition) is 2. The maximum Gasteiger partial charge on any atom is 0.573 e. The van der Waals surface area contributed by atoms with Crippen LogP contribution in [-0.2, 0) is 4.79 Å².